The molecule has 0 aliphatic rings. The normalized spacial score (nSPS) is 11.6. The number of imidazole rings is 1. The zero-order valence-corrected chi connectivity index (χ0v) is 17.9. The highest BCUT2D eigenvalue weighted by Gasteiger charge is 2.32. The van der Waals surface area contributed by atoms with E-state index >= 15 is 0 Å². The number of methoxy groups -OCH3 is 1. The number of fused-ring (bicyclic) bond motifs is 1. The topological polar surface area (TPSA) is 135 Å². The fourth-order valence-corrected chi connectivity index (χ4v) is 3.82. The van der Waals surface area contributed by atoms with E-state index in [4.69, 9.17) is 4.74 Å². The van der Waals surface area contributed by atoms with Crippen molar-refractivity contribution in [2.45, 2.75) is 25.8 Å². The Bertz CT molecular complexity index is 1360. The Labute approximate surface area is 180 Å². The maximum Gasteiger partial charge on any atom is 0.327 e. The molecule has 0 bridgehead atoms. The third-order valence-electron chi connectivity index (χ3n) is 4.92. The summed E-state index contributed by atoms with van der Waals surface area (Å²) in [6, 6.07) is 7.70. The van der Waals surface area contributed by atoms with Crippen LogP contribution in [0.4, 0.5) is 5.13 Å². The van der Waals surface area contributed by atoms with Crippen molar-refractivity contribution in [3.63, 3.8) is 0 Å². The Balaban J connectivity index is 1.53. The number of hydrogen-bond acceptors (Lipinski definition) is 7. The van der Waals surface area contributed by atoms with Gasteiger partial charge in [0.05, 0.1) is 19.1 Å². The highest BCUT2D eigenvalue weighted by molar-refractivity contribution is 7.13. The SMILES string of the molecule is COc1ccc(Cc2csc(NC(=O)C(C)(C)n3cnc4c(=O)[nH]c(=O)[nH]c43)n2)cc1. The van der Waals surface area contributed by atoms with Crippen LogP contribution in [0.3, 0.4) is 0 Å². The van der Waals surface area contributed by atoms with Crippen molar-refractivity contribution in [3.05, 3.63) is 68.1 Å². The summed E-state index contributed by atoms with van der Waals surface area (Å²) in [5.41, 5.74) is -0.302. The highest BCUT2D eigenvalue weighted by atomic mass is 32.1. The summed E-state index contributed by atoms with van der Waals surface area (Å²) in [7, 11) is 1.62. The summed E-state index contributed by atoms with van der Waals surface area (Å²) in [6.07, 6.45) is 1.97. The maximum absolute atomic E-state index is 13.0. The number of H-pyrrole nitrogens is 2. The lowest BCUT2D eigenvalue weighted by atomic mass is 10.0. The number of carbonyl (C=O) groups excluding carboxylic acids is 1. The summed E-state index contributed by atoms with van der Waals surface area (Å²) in [5.74, 6) is 0.422. The Kier molecular flexibility index (Phi) is 5.19. The molecule has 0 atom stereocenters. The number of aromatic amines is 2. The van der Waals surface area contributed by atoms with E-state index in [0.29, 0.717) is 11.6 Å². The number of aromatic nitrogens is 5. The second kappa shape index (κ2) is 7.84. The molecule has 10 nitrogen and oxygen atoms in total. The fraction of sp³-hybridized carbons (Fsp3) is 0.250. The molecule has 0 saturated carbocycles. The number of anilines is 1. The van der Waals surface area contributed by atoms with Gasteiger partial charge < -0.3 is 9.30 Å². The summed E-state index contributed by atoms with van der Waals surface area (Å²) >= 11 is 1.32. The monoisotopic (exact) mass is 440 g/mol. The van der Waals surface area contributed by atoms with Gasteiger partial charge in [-0.05, 0) is 31.5 Å². The molecule has 0 radical (unpaired) electrons. The van der Waals surface area contributed by atoms with Crippen molar-refractivity contribution in [3.8, 4) is 5.75 Å². The van der Waals surface area contributed by atoms with Gasteiger partial charge in [-0.25, -0.2) is 14.8 Å². The third kappa shape index (κ3) is 3.99. The molecule has 4 rings (SSSR count). The third-order valence-corrected chi connectivity index (χ3v) is 5.72. The van der Waals surface area contributed by atoms with Gasteiger partial charge in [0.2, 0.25) is 0 Å². The van der Waals surface area contributed by atoms with Crippen LogP contribution in [-0.2, 0) is 16.8 Å². The molecule has 0 aliphatic heterocycles. The van der Waals surface area contributed by atoms with Gasteiger partial charge in [-0.1, -0.05) is 12.1 Å². The van der Waals surface area contributed by atoms with Crippen LogP contribution in [0, 0.1) is 0 Å². The molecule has 1 aromatic carbocycles. The van der Waals surface area contributed by atoms with Crippen LogP contribution >= 0.6 is 11.3 Å². The van der Waals surface area contributed by atoms with Gasteiger partial charge in [0.25, 0.3) is 11.5 Å². The number of hydrogen-bond donors (Lipinski definition) is 3. The molecular weight excluding hydrogens is 420 g/mol. The van der Waals surface area contributed by atoms with Crippen LogP contribution in [0.2, 0.25) is 0 Å². The van der Waals surface area contributed by atoms with E-state index in [1.807, 2.05) is 29.6 Å². The molecule has 0 spiro atoms. The van der Waals surface area contributed by atoms with Crippen molar-refractivity contribution in [2.24, 2.45) is 0 Å². The van der Waals surface area contributed by atoms with Crippen LogP contribution < -0.4 is 21.3 Å². The van der Waals surface area contributed by atoms with Crippen LogP contribution in [0.1, 0.15) is 25.1 Å². The smallest absolute Gasteiger partial charge is 0.327 e. The summed E-state index contributed by atoms with van der Waals surface area (Å²) in [6.45, 7) is 3.32. The summed E-state index contributed by atoms with van der Waals surface area (Å²) in [4.78, 5) is 49.7. The van der Waals surface area contributed by atoms with E-state index in [9.17, 15) is 14.4 Å². The lowest BCUT2D eigenvalue weighted by molar-refractivity contribution is -0.122. The van der Waals surface area contributed by atoms with Crippen molar-refractivity contribution in [1.29, 1.82) is 0 Å². The minimum absolute atomic E-state index is 0.0523. The van der Waals surface area contributed by atoms with Gasteiger partial charge in [0.1, 0.15) is 16.9 Å². The van der Waals surface area contributed by atoms with E-state index in [1.54, 1.807) is 21.0 Å². The van der Waals surface area contributed by atoms with Gasteiger partial charge >= 0.3 is 5.69 Å². The first-order valence-corrected chi connectivity index (χ1v) is 10.2. The van der Waals surface area contributed by atoms with Gasteiger partial charge in [-0.2, -0.15) is 0 Å². The zero-order valence-electron chi connectivity index (χ0n) is 17.1. The number of thiazole rings is 1. The first-order chi connectivity index (χ1) is 14.8. The van der Waals surface area contributed by atoms with Gasteiger partial charge in [0, 0.05) is 11.8 Å². The lowest BCUT2D eigenvalue weighted by Crippen LogP contribution is -2.40. The number of ether oxygens (including phenoxy) is 1. The average molecular weight is 440 g/mol. The Morgan fingerprint density at radius 3 is 2.68 bits per heavy atom. The van der Waals surface area contributed by atoms with Crippen molar-refractivity contribution in [2.75, 3.05) is 12.4 Å². The molecular formula is C20H20N6O4S. The lowest BCUT2D eigenvalue weighted by Gasteiger charge is -2.25. The molecule has 11 heteroatoms. The maximum atomic E-state index is 13.0. The number of nitrogens with one attached hydrogen (secondary N) is 3. The van der Waals surface area contributed by atoms with Gasteiger partial charge in [-0.15, -0.1) is 11.3 Å². The van der Waals surface area contributed by atoms with E-state index in [0.717, 1.165) is 17.0 Å². The molecule has 0 fully saturated rings. The van der Waals surface area contributed by atoms with Crippen LogP contribution in [0.25, 0.3) is 11.2 Å². The molecule has 31 heavy (non-hydrogen) atoms. The highest BCUT2D eigenvalue weighted by Crippen LogP contribution is 2.24. The minimum Gasteiger partial charge on any atom is -0.497 e. The van der Waals surface area contributed by atoms with E-state index in [2.05, 4.69) is 25.3 Å². The Morgan fingerprint density at radius 1 is 1.23 bits per heavy atom. The molecule has 1 amide bonds. The average Bonchev–Trinajstić information content (AvgIpc) is 3.35. The van der Waals surface area contributed by atoms with Crippen molar-refractivity contribution >= 4 is 33.5 Å². The van der Waals surface area contributed by atoms with Gasteiger partial charge in [0.15, 0.2) is 10.6 Å². The molecule has 4 aromatic rings. The predicted octanol–water partition coefficient (Wildman–Crippen LogP) is 1.84. The van der Waals surface area contributed by atoms with Crippen molar-refractivity contribution in [1.82, 2.24) is 24.5 Å². The van der Waals surface area contributed by atoms with Gasteiger partial charge in [-0.3, -0.25) is 24.9 Å². The standard InChI is InChI=1S/C20H20N6O4S/c1-20(2,26-10-21-14-15(26)23-18(29)24-16(14)27)17(28)25-19-22-12(9-31-19)8-11-4-6-13(30-3)7-5-11/h4-7,9-10H,8H2,1-3H3,(H,22,25,28)(H2,23,24,27,29). The Morgan fingerprint density at radius 2 is 1.97 bits per heavy atom. The molecule has 3 N–H and O–H groups in total. The molecule has 0 unspecified atom stereocenters. The van der Waals surface area contributed by atoms with Crippen LogP contribution in [0.15, 0.2) is 45.6 Å². The number of rotatable bonds is 6. The number of nitrogens with zero attached hydrogens (tertiary/aromatic N) is 3. The number of amides is 1. The first-order valence-electron chi connectivity index (χ1n) is 9.37. The van der Waals surface area contributed by atoms with Crippen LogP contribution in [-0.4, -0.2) is 37.5 Å². The fourth-order valence-electron chi connectivity index (χ4n) is 3.12. The molecule has 160 valence electrons. The molecule has 0 aliphatic carbocycles. The van der Waals surface area contributed by atoms with E-state index < -0.39 is 16.8 Å². The minimum atomic E-state index is -1.15. The summed E-state index contributed by atoms with van der Waals surface area (Å²) < 4.78 is 6.62. The molecule has 3 aromatic heterocycles. The Hall–Kier alpha value is -3.73. The van der Waals surface area contributed by atoms with E-state index in [-0.39, 0.29) is 17.1 Å². The zero-order chi connectivity index (χ0) is 22.2. The van der Waals surface area contributed by atoms with Crippen molar-refractivity contribution < 1.29 is 9.53 Å². The second-order valence-corrected chi connectivity index (χ2v) is 8.26. The van der Waals surface area contributed by atoms with Crippen LogP contribution in [0.5, 0.6) is 5.75 Å². The quantitative estimate of drug-likeness (QED) is 0.419. The largest absolute Gasteiger partial charge is 0.497 e. The summed E-state index contributed by atoms with van der Waals surface area (Å²) in [5, 5.41) is 5.15. The number of benzene rings is 1. The second-order valence-electron chi connectivity index (χ2n) is 7.40. The predicted molar refractivity (Wildman–Crippen MR) is 117 cm³/mol. The molecule has 3 heterocycles. The molecule has 0 saturated heterocycles. The first kappa shape index (κ1) is 20.5. The number of carbonyl (C=O) groups is 1. The van der Waals surface area contributed by atoms with E-state index in [1.165, 1.54) is 22.2 Å².